The number of rotatable bonds is 3. The Bertz CT molecular complexity index is 476. The van der Waals surface area contributed by atoms with Crippen LogP contribution in [-0.4, -0.2) is 20.9 Å². The van der Waals surface area contributed by atoms with Crippen molar-refractivity contribution in [3.05, 3.63) is 30.5 Å². The third-order valence-electron chi connectivity index (χ3n) is 2.48. The number of nitrogens with zero attached hydrogens (tertiary/aromatic N) is 2. The molecule has 4 heteroatoms. The highest BCUT2D eigenvalue weighted by atomic mass is 32.2. The predicted molar refractivity (Wildman–Crippen MR) is 66.8 cm³/mol. The molecule has 1 N–H and O–H groups in total. The van der Waals surface area contributed by atoms with Gasteiger partial charge in [0.25, 0.3) is 0 Å². The first kappa shape index (κ1) is 11.1. The van der Waals surface area contributed by atoms with Crippen molar-refractivity contribution >= 4 is 11.8 Å². The molecule has 0 bridgehead atoms. The van der Waals surface area contributed by atoms with Gasteiger partial charge in [0.15, 0.2) is 5.16 Å². The average molecular weight is 234 g/mol. The Morgan fingerprint density at radius 3 is 2.56 bits per heavy atom. The lowest BCUT2D eigenvalue weighted by Crippen LogP contribution is -1.98. The Kier molecular flexibility index (Phi) is 3.19. The van der Waals surface area contributed by atoms with Gasteiger partial charge in [0.2, 0.25) is 0 Å². The van der Waals surface area contributed by atoms with Crippen LogP contribution in [0.2, 0.25) is 0 Å². The summed E-state index contributed by atoms with van der Waals surface area (Å²) < 4.78 is 2.16. The van der Waals surface area contributed by atoms with Crippen molar-refractivity contribution in [2.24, 2.45) is 0 Å². The molecule has 84 valence electrons. The van der Waals surface area contributed by atoms with Gasteiger partial charge in [0.1, 0.15) is 5.75 Å². The van der Waals surface area contributed by atoms with E-state index in [2.05, 4.69) is 16.5 Å². The third-order valence-corrected chi connectivity index (χ3v) is 3.17. The van der Waals surface area contributed by atoms with Crippen molar-refractivity contribution in [3.63, 3.8) is 0 Å². The number of hydrogen-bond donors (Lipinski definition) is 1. The first-order valence-corrected chi connectivity index (χ1v) is 6.37. The molecule has 0 aliphatic carbocycles. The molecule has 1 aromatic carbocycles. The molecule has 0 saturated heterocycles. The van der Waals surface area contributed by atoms with E-state index in [1.54, 1.807) is 23.9 Å². The molecule has 0 spiro atoms. The number of aromatic nitrogens is 2. The standard InChI is InChI=1S/C12H14N2OS/c1-3-14-11(8-13-12(14)16-2)9-4-6-10(15)7-5-9/h4-8,15H,3H2,1-2H3. The molecule has 0 fully saturated rings. The maximum atomic E-state index is 9.25. The minimum Gasteiger partial charge on any atom is -0.508 e. The molecule has 0 unspecified atom stereocenters. The van der Waals surface area contributed by atoms with Crippen molar-refractivity contribution in [1.82, 2.24) is 9.55 Å². The number of phenolic OH excluding ortho intramolecular Hbond substituents is 1. The molecule has 2 rings (SSSR count). The largest absolute Gasteiger partial charge is 0.508 e. The number of aromatic hydroxyl groups is 1. The van der Waals surface area contributed by atoms with Gasteiger partial charge in [-0.05, 0) is 37.4 Å². The number of benzene rings is 1. The molecular formula is C12H14N2OS. The van der Waals surface area contributed by atoms with E-state index in [-0.39, 0.29) is 5.75 Å². The van der Waals surface area contributed by atoms with Crippen molar-refractivity contribution in [2.75, 3.05) is 6.26 Å². The van der Waals surface area contributed by atoms with E-state index in [0.29, 0.717) is 0 Å². The van der Waals surface area contributed by atoms with Gasteiger partial charge in [-0.2, -0.15) is 0 Å². The fraction of sp³-hybridized carbons (Fsp3) is 0.250. The molecule has 0 radical (unpaired) electrons. The van der Waals surface area contributed by atoms with E-state index in [0.717, 1.165) is 23.0 Å². The summed E-state index contributed by atoms with van der Waals surface area (Å²) in [5.41, 5.74) is 2.17. The van der Waals surface area contributed by atoms with E-state index >= 15 is 0 Å². The molecule has 3 nitrogen and oxygen atoms in total. The fourth-order valence-electron chi connectivity index (χ4n) is 1.69. The maximum Gasteiger partial charge on any atom is 0.168 e. The van der Waals surface area contributed by atoms with Gasteiger partial charge in [-0.25, -0.2) is 4.98 Å². The maximum absolute atomic E-state index is 9.25. The van der Waals surface area contributed by atoms with Crippen LogP contribution in [0.4, 0.5) is 0 Å². The van der Waals surface area contributed by atoms with Crippen LogP contribution in [0.5, 0.6) is 5.75 Å². The average Bonchev–Trinajstić information content (AvgIpc) is 2.72. The number of hydrogen-bond acceptors (Lipinski definition) is 3. The summed E-state index contributed by atoms with van der Waals surface area (Å²) >= 11 is 1.64. The lowest BCUT2D eigenvalue weighted by Gasteiger charge is -2.07. The van der Waals surface area contributed by atoms with E-state index in [9.17, 15) is 5.11 Å². The highest BCUT2D eigenvalue weighted by Gasteiger charge is 2.09. The Morgan fingerprint density at radius 1 is 1.31 bits per heavy atom. The highest BCUT2D eigenvalue weighted by molar-refractivity contribution is 7.98. The van der Waals surface area contributed by atoms with Crippen LogP contribution in [0.1, 0.15) is 6.92 Å². The Balaban J connectivity index is 2.47. The summed E-state index contributed by atoms with van der Waals surface area (Å²) in [6, 6.07) is 7.20. The van der Waals surface area contributed by atoms with Crippen LogP contribution in [0.3, 0.4) is 0 Å². The second-order valence-electron chi connectivity index (χ2n) is 3.42. The summed E-state index contributed by atoms with van der Waals surface area (Å²) in [4.78, 5) is 4.37. The molecule has 1 heterocycles. The molecule has 2 aromatic rings. The van der Waals surface area contributed by atoms with Crippen molar-refractivity contribution in [3.8, 4) is 17.0 Å². The first-order chi connectivity index (χ1) is 7.76. The van der Waals surface area contributed by atoms with Crippen molar-refractivity contribution in [1.29, 1.82) is 0 Å². The molecule has 0 amide bonds. The Hall–Kier alpha value is -1.42. The van der Waals surface area contributed by atoms with Gasteiger partial charge in [-0.1, -0.05) is 11.8 Å². The van der Waals surface area contributed by atoms with Crippen LogP contribution in [0.15, 0.2) is 35.6 Å². The first-order valence-electron chi connectivity index (χ1n) is 5.15. The van der Waals surface area contributed by atoms with Crippen LogP contribution in [-0.2, 0) is 6.54 Å². The van der Waals surface area contributed by atoms with E-state index in [1.807, 2.05) is 24.6 Å². The summed E-state index contributed by atoms with van der Waals surface area (Å²) in [7, 11) is 0. The summed E-state index contributed by atoms with van der Waals surface area (Å²) in [6.07, 6.45) is 3.90. The van der Waals surface area contributed by atoms with Crippen LogP contribution >= 0.6 is 11.8 Å². The molecular weight excluding hydrogens is 220 g/mol. The van der Waals surface area contributed by atoms with Gasteiger partial charge >= 0.3 is 0 Å². The molecule has 1 aromatic heterocycles. The number of imidazole rings is 1. The van der Waals surface area contributed by atoms with Gasteiger partial charge in [-0.15, -0.1) is 0 Å². The second kappa shape index (κ2) is 4.61. The summed E-state index contributed by atoms with van der Waals surface area (Å²) in [6.45, 7) is 3.00. The molecule has 16 heavy (non-hydrogen) atoms. The summed E-state index contributed by atoms with van der Waals surface area (Å²) in [5, 5.41) is 10.3. The Morgan fingerprint density at radius 2 is 2.00 bits per heavy atom. The zero-order chi connectivity index (χ0) is 11.5. The van der Waals surface area contributed by atoms with Crippen LogP contribution < -0.4 is 0 Å². The zero-order valence-corrected chi connectivity index (χ0v) is 10.2. The van der Waals surface area contributed by atoms with E-state index in [1.165, 1.54) is 0 Å². The lowest BCUT2D eigenvalue weighted by molar-refractivity contribution is 0.475. The summed E-state index contributed by atoms with van der Waals surface area (Å²) in [5.74, 6) is 0.288. The molecule has 0 atom stereocenters. The number of thioether (sulfide) groups is 1. The molecule has 0 aliphatic rings. The molecule has 0 saturated carbocycles. The van der Waals surface area contributed by atoms with Gasteiger partial charge in [0.05, 0.1) is 11.9 Å². The van der Waals surface area contributed by atoms with Gasteiger partial charge < -0.3 is 9.67 Å². The Labute approximate surface area is 99.1 Å². The van der Waals surface area contributed by atoms with Crippen molar-refractivity contribution in [2.45, 2.75) is 18.6 Å². The van der Waals surface area contributed by atoms with Crippen molar-refractivity contribution < 1.29 is 5.11 Å². The minimum atomic E-state index is 0.288. The quantitative estimate of drug-likeness (QED) is 0.830. The SMILES string of the molecule is CCn1c(-c2ccc(O)cc2)cnc1SC. The normalized spacial score (nSPS) is 10.6. The number of phenols is 1. The monoisotopic (exact) mass is 234 g/mol. The minimum absolute atomic E-state index is 0.288. The van der Waals surface area contributed by atoms with Gasteiger partial charge in [0, 0.05) is 12.1 Å². The fourth-order valence-corrected chi connectivity index (χ4v) is 2.30. The van der Waals surface area contributed by atoms with Gasteiger partial charge in [-0.3, -0.25) is 0 Å². The lowest BCUT2D eigenvalue weighted by atomic mass is 10.1. The zero-order valence-electron chi connectivity index (χ0n) is 9.34. The van der Waals surface area contributed by atoms with Crippen LogP contribution in [0, 0.1) is 0 Å². The van der Waals surface area contributed by atoms with Crippen LogP contribution in [0.25, 0.3) is 11.3 Å². The highest BCUT2D eigenvalue weighted by Crippen LogP contribution is 2.26. The van der Waals surface area contributed by atoms with E-state index in [4.69, 9.17) is 0 Å². The second-order valence-corrected chi connectivity index (χ2v) is 4.19. The topological polar surface area (TPSA) is 38.0 Å². The smallest absolute Gasteiger partial charge is 0.168 e. The molecule has 0 aliphatic heterocycles. The predicted octanol–water partition coefficient (Wildman–Crippen LogP) is 3.00. The third kappa shape index (κ3) is 1.93. The van der Waals surface area contributed by atoms with E-state index < -0.39 is 0 Å².